The van der Waals surface area contributed by atoms with Crippen LogP contribution >= 0.6 is 0 Å². The van der Waals surface area contributed by atoms with Crippen molar-refractivity contribution in [1.82, 2.24) is 5.32 Å². The predicted octanol–water partition coefficient (Wildman–Crippen LogP) is 0.166. The Morgan fingerprint density at radius 1 is 1.27 bits per heavy atom. The number of nitrogens with one attached hydrogen (secondary N) is 1. The largest absolute Gasteiger partial charge is 0.504 e. The van der Waals surface area contributed by atoms with Crippen molar-refractivity contribution in [2.75, 3.05) is 7.05 Å². The zero-order chi connectivity index (χ0) is 11.6. The number of hydrogen-bond acceptors (Lipinski definition) is 4. The van der Waals surface area contributed by atoms with Crippen LogP contribution in [0.25, 0.3) is 0 Å². The van der Waals surface area contributed by atoms with Gasteiger partial charge in [-0.05, 0) is 6.07 Å². The minimum atomic E-state index is -1.12. The fourth-order valence-electron chi connectivity index (χ4n) is 0.961. The van der Waals surface area contributed by atoms with Crippen LogP contribution in [-0.4, -0.2) is 29.0 Å². The van der Waals surface area contributed by atoms with Crippen LogP contribution in [0.2, 0.25) is 0 Å². The van der Waals surface area contributed by atoms with Gasteiger partial charge in [-0.25, -0.2) is 4.39 Å². The molecule has 0 fully saturated rings. The second-order valence-corrected chi connectivity index (χ2v) is 2.73. The average molecular weight is 213 g/mol. The third-order valence-electron chi connectivity index (χ3n) is 1.74. The maximum atomic E-state index is 13.1. The molecule has 0 heterocycles. The summed E-state index contributed by atoms with van der Waals surface area (Å²) in [6.45, 7) is 0. The molecular weight excluding hydrogens is 205 g/mol. The predicted molar refractivity (Wildman–Crippen MR) is 48.1 cm³/mol. The van der Waals surface area contributed by atoms with Gasteiger partial charge in [0.15, 0.2) is 11.5 Å². The molecule has 0 aromatic heterocycles. The van der Waals surface area contributed by atoms with Gasteiger partial charge in [0, 0.05) is 13.1 Å². The molecule has 0 saturated heterocycles. The van der Waals surface area contributed by atoms with E-state index in [1.54, 1.807) is 0 Å². The fourth-order valence-corrected chi connectivity index (χ4v) is 0.961. The number of hydrogen-bond donors (Lipinski definition) is 3. The number of carbonyl (C=O) groups is 2. The van der Waals surface area contributed by atoms with Crippen LogP contribution in [0.15, 0.2) is 12.1 Å². The van der Waals surface area contributed by atoms with Crippen molar-refractivity contribution in [3.63, 3.8) is 0 Å². The Balaban J connectivity index is 3.21. The topological polar surface area (TPSA) is 86.6 Å². The molecule has 5 nitrogen and oxygen atoms in total. The standard InChI is InChI=1S/C9H8FNO4/c1-11-9(15)8(14)4-2-6(12)7(13)3-5(4)10/h2-3,12-13H,1H3,(H,11,15). The van der Waals surface area contributed by atoms with Crippen LogP contribution in [0, 0.1) is 5.82 Å². The minimum absolute atomic E-state index is 0.561. The van der Waals surface area contributed by atoms with Gasteiger partial charge in [-0.1, -0.05) is 0 Å². The fraction of sp³-hybridized carbons (Fsp3) is 0.111. The Bertz CT molecular complexity index is 430. The molecule has 1 aromatic carbocycles. The number of ketones is 1. The summed E-state index contributed by atoms with van der Waals surface area (Å²) in [4.78, 5) is 22.1. The van der Waals surface area contributed by atoms with Gasteiger partial charge < -0.3 is 15.5 Å². The molecule has 0 aliphatic carbocycles. The summed E-state index contributed by atoms with van der Waals surface area (Å²) in [5.41, 5.74) is -0.593. The average Bonchev–Trinajstić information content (AvgIpc) is 2.21. The molecule has 1 rings (SSSR count). The van der Waals surface area contributed by atoms with E-state index < -0.39 is 34.6 Å². The summed E-state index contributed by atoms with van der Waals surface area (Å²) < 4.78 is 13.1. The van der Waals surface area contributed by atoms with Crippen molar-refractivity contribution >= 4 is 11.7 Å². The number of halogens is 1. The molecule has 1 aromatic rings. The Hall–Kier alpha value is -2.11. The molecule has 0 aliphatic rings. The summed E-state index contributed by atoms with van der Waals surface area (Å²) in [5.74, 6) is -4.55. The van der Waals surface area contributed by atoms with Crippen molar-refractivity contribution in [1.29, 1.82) is 0 Å². The first-order chi connectivity index (χ1) is 6.97. The number of amides is 1. The van der Waals surface area contributed by atoms with Crippen LogP contribution in [0.1, 0.15) is 10.4 Å². The Kier molecular flexibility index (Phi) is 2.89. The van der Waals surface area contributed by atoms with Gasteiger partial charge >= 0.3 is 0 Å². The quantitative estimate of drug-likeness (QED) is 0.371. The summed E-state index contributed by atoms with van der Waals surface area (Å²) in [6, 6.07) is 1.26. The second kappa shape index (κ2) is 3.95. The number of benzene rings is 1. The summed E-state index contributed by atoms with van der Waals surface area (Å²) >= 11 is 0. The van der Waals surface area contributed by atoms with Crippen molar-refractivity contribution in [2.24, 2.45) is 0 Å². The zero-order valence-corrected chi connectivity index (χ0v) is 7.74. The molecule has 6 heteroatoms. The minimum Gasteiger partial charge on any atom is -0.504 e. The monoisotopic (exact) mass is 213 g/mol. The van der Waals surface area contributed by atoms with E-state index >= 15 is 0 Å². The molecule has 0 radical (unpaired) electrons. The second-order valence-electron chi connectivity index (χ2n) is 2.73. The first-order valence-corrected chi connectivity index (χ1v) is 3.95. The normalized spacial score (nSPS) is 9.73. The van der Waals surface area contributed by atoms with Crippen molar-refractivity contribution in [3.05, 3.63) is 23.5 Å². The highest BCUT2D eigenvalue weighted by molar-refractivity contribution is 6.42. The molecule has 0 spiro atoms. The van der Waals surface area contributed by atoms with Gasteiger partial charge in [0.25, 0.3) is 11.7 Å². The van der Waals surface area contributed by atoms with Gasteiger partial charge in [0.2, 0.25) is 0 Å². The van der Waals surface area contributed by atoms with Crippen LogP contribution in [0.4, 0.5) is 4.39 Å². The lowest BCUT2D eigenvalue weighted by Crippen LogP contribution is -2.28. The van der Waals surface area contributed by atoms with E-state index in [9.17, 15) is 14.0 Å². The van der Waals surface area contributed by atoms with Crippen LogP contribution in [-0.2, 0) is 4.79 Å². The number of likely N-dealkylation sites (N-methyl/N-ethyl adjacent to an activating group) is 1. The third-order valence-corrected chi connectivity index (χ3v) is 1.74. The van der Waals surface area contributed by atoms with Crippen LogP contribution in [0.5, 0.6) is 11.5 Å². The highest BCUT2D eigenvalue weighted by atomic mass is 19.1. The number of rotatable bonds is 2. The lowest BCUT2D eigenvalue weighted by molar-refractivity contribution is -0.116. The molecule has 0 atom stereocenters. The number of Topliss-reactive ketones (excluding diaryl/α,β-unsaturated/α-hetero) is 1. The van der Waals surface area contributed by atoms with Gasteiger partial charge in [0.1, 0.15) is 5.82 Å². The highest BCUT2D eigenvalue weighted by Crippen LogP contribution is 2.27. The first kappa shape index (κ1) is 11.0. The van der Waals surface area contributed by atoms with Crippen LogP contribution < -0.4 is 5.32 Å². The molecule has 0 bridgehead atoms. The van der Waals surface area contributed by atoms with E-state index in [0.717, 1.165) is 0 Å². The molecule has 0 aliphatic heterocycles. The lowest BCUT2D eigenvalue weighted by atomic mass is 10.1. The lowest BCUT2D eigenvalue weighted by Gasteiger charge is -2.03. The van der Waals surface area contributed by atoms with Gasteiger partial charge in [-0.3, -0.25) is 9.59 Å². The number of phenolic OH excluding ortho intramolecular Hbond substituents is 2. The number of phenols is 2. The van der Waals surface area contributed by atoms with E-state index in [0.29, 0.717) is 12.1 Å². The smallest absolute Gasteiger partial charge is 0.292 e. The Morgan fingerprint density at radius 3 is 2.33 bits per heavy atom. The summed E-state index contributed by atoms with van der Waals surface area (Å²) in [7, 11) is 1.22. The van der Waals surface area contributed by atoms with E-state index in [2.05, 4.69) is 0 Å². The Morgan fingerprint density at radius 2 is 1.80 bits per heavy atom. The number of carbonyl (C=O) groups excluding carboxylic acids is 2. The van der Waals surface area contributed by atoms with E-state index in [1.165, 1.54) is 7.05 Å². The zero-order valence-electron chi connectivity index (χ0n) is 7.74. The molecule has 15 heavy (non-hydrogen) atoms. The third kappa shape index (κ3) is 2.04. The summed E-state index contributed by atoms with van der Waals surface area (Å²) in [6.07, 6.45) is 0. The van der Waals surface area contributed by atoms with Crippen LogP contribution in [0.3, 0.4) is 0 Å². The van der Waals surface area contributed by atoms with E-state index in [-0.39, 0.29) is 0 Å². The van der Waals surface area contributed by atoms with Gasteiger partial charge in [-0.2, -0.15) is 0 Å². The maximum absolute atomic E-state index is 13.1. The van der Waals surface area contributed by atoms with Gasteiger partial charge in [-0.15, -0.1) is 0 Å². The highest BCUT2D eigenvalue weighted by Gasteiger charge is 2.20. The molecule has 0 saturated carbocycles. The van der Waals surface area contributed by atoms with Crippen molar-refractivity contribution in [2.45, 2.75) is 0 Å². The van der Waals surface area contributed by atoms with E-state index in [4.69, 9.17) is 10.2 Å². The van der Waals surface area contributed by atoms with Gasteiger partial charge in [0.05, 0.1) is 5.56 Å². The van der Waals surface area contributed by atoms with Crippen molar-refractivity contribution in [3.8, 4) is 11.5 Å². The Labute approximate surface area is 84.2 Å². The molecular formula is C9H8FNO4. The molecule has 1 amide bonds. The number of aromatic hydroxyl groups is 2. The van der Waals surface area contributed by atoms with E-state index in [1.807, 2.05) is 5.32 Å². The molecule has 80 valence electrons. The van der Waals surface area contributed by atoms with Crippen molar-refractivity contribution < 1.29 is 24.2 Å². The first-order valence-electron chi connectivity index (χ1n) is 3.95. The summed E-state index contributed by atoms with van der Waals surface area (Å²) in [5, 5.41) is 20.0. The molecule has 3 N–H and O–H groups in total. The maximum Gasteiger partial charge on any atom is 0.292 e. The SMILES string of the molecule is CNC(=O)C(=O)c1cc(O)c(O)cc1F. The molecule has 0 unspecified atom stereocenters.